The zero-order valence-electron chi connectivity index (χ0n) is 7.30. The van der Waals surface area contributed by atoms with Crippen molar-refractivity contribution in [2.45, 2.75) is 18.8 Å². The lowest BCUT2D eigenvalue weighted by molar-refractivity contribution is 0.199. The zero-order chi connectivity index (χ0) is 9.84. The quantitative estimate of drug-likeness (QED) is 0.726. The fraction of sp³-hybridized carbons (Fsp3) is 0.333. The molecular weight excluding hydrogens is 188 g/mol. The molecule has 0 fully saturated rings. The van der Waals surface area contributed by atoms with Crippen molar-refractivity contribution in [3.63, 3.8) is 0 Å². The van der Waals surface area contributed by atoms with Crippen molar-refractivity contribution >= 4 is 11.1 Å². The minimum Gasteiger partial charge on any atom is -0.389 e. The Morgan fingerprint density at radius 2 is 1.92 bits per heavy atom. The Bertz CT molecular complexity index is 292. The molecular formula is C9H12O3S. The molecule has 0 saturated heterocycles. The van der Waals surface area contributed by atoms with Crippen LogP contribution in [0.1, 0.15) is 24.2 Å². The van der Waals surface area contributed by atoms with E-state index in [1.807, 2.05) is 0 Å². The molecule has 4 heteroatoms. The summed E-state index contributed by atoms with van der Waals surface area (Å²) in [4.78, 5) is 0. The number of aliphatic hydroxyl groups excluding tert-OH is 1. The maximum absolute atomic E-state index is 10.4. The first-order valence-electron chi connectivity index (χ1n) is 3.94. The Morgan fingerprint density at radius 1 is 1.38 bits per heavy atom. The predicted molar refractivity (Wildman–Crippen MR) is 51.6 cm³/mol. The maximum atomic E-state index is 10.4. The topological polar surface area (TPSA) is 57.5 Å². The summed E-state index contributed by atoms with van der Waals surface area (Å²) < 4.78 is 19.1. The summed E-state index contributed by atoms with van der Waals surface area (Å²) in [5.74, 6) is 0.139. The van der Waals surface area contributed by atoms with E-state index in [9.17, 15) is 9.32 Å². The van der Waals surface area contributed by atoms with Crippen molar-refractivity contribution < 1.29 is 13.9 Å². The molecule has 0 aromatic heterocycles. The van der Waals surface area contributed by atoms with Crippen LogP contribution in [0.4, 0.5) is 0 Å². The van der Waals surface area contributed by atoms with Gasteiger partial charge in [0.2, 0.25) is 0 Å². The first-order valence-corrected chi connectivity index (χ1v) is 5.21. The van der Waals surface area contributed by atoms with Gasteiger partial charge >= 0.3 is 0 Å². The van der Waals surface area contributed by atoms with Gasteiger partial charge in [-0.15, -0.1) is 0 Å². The van der Waals surface area contributed by atoms with Crippen molar-refractivity contribution in [1.82, 2.24) is 0 Å². The highest BCUT2D eigenvalue weighted by Crippen LogP contribution is 2.13. The lowest BCUT2D eigenvalue weighted by Crippen LogP contribution is -1.95. The van der Waals surface area contributed by atoms with Crippen LogP contribution in [0.25, 0.3) is 0 Å². The zero-order valence-corrected chi connectivity index (χ0v) is 8.12. The molecule has 2 atom stereocenters. The fourth-order valence-corrected chi connectivity index (χ4v) is 1.51. The van der Waals surface area contributed by atoms with E-state index in [0.717, 1.165) is 11.1 Å². The summed E-state index contributed by atoms with van der Waals surface area (Å²) in [6, 6.07) is 7.01. The molecule has 0 spiro atoms. The molecule has 3 nitrogen and oxygen atoms in total. The van der Waals surface area contributed by atoms with E-state index in [0.29, 0.717) is 0 Å². The molecule has 0 aliphatic carbocycles. The smallest absolute Gasteiger partial charge is 0.157 e. The van der Waals surface area contributed by atoms with E-state index in [1.54, 1.807) is 31.2 Å². The summed E-state index contributed by atoms with van der Waals surface area (Å²) in [5, 5.41) is 9.19. The molecule has 2 unspecified atom stereocenters. The normalized spacial score (nSPS) is 15.3. The molecule has 1 rings (SSSR count). The van der Waals surface area contributed by atoms with Crippen LogP contribution in [0, 0.1) is 0 Å². The second-order valence-electron chi connectivity index (χ2n) is 2.88. The van der Waals surface area contributed by atoms with Crippen LogP contribution in [0.15, 0.2) is 24.3 Å². The monoisotopic (exact) mass is 200 g/mol. The third-order valence-electron chi connectivity index (χ3n) is 1.75. The summed E-state index contributed by atoms with van der Waals surface area (Å²) in [6.45, 7) is 1.68. The number of rotatable bonds is 3. The first-order chi connectivity index (χ1) is 6.09. The Labute approximate surface area is 79.7 Å². The Balaban J connectivity index is 2.75. The molecule has 0 aliphatic heterocycles. The number of hydrogen-bond donors (Lipinski definition) is 2. The number of benzene rings is 1. The van der Waals surface area contributed by atoms with Gasteiger partial charge in [-0.3, -0.25) is 0 Å². The van der Waals surface area contributed by atoms with Crippen molar-refractivity contribution in [1.29, 1.82) is 0 Å². The molecule has 0 heterocycles. The molecule has 13 heavy (non-hydrogen) atoms. The standard InChI is InChI=1S/C9H12O3S/c1-7(10)9-4-2-8(3-5-9)6-13(11)12/h2-5,7,10H,6H2,1H3,(H,11,12). The molecule has 1 aromatic rings. The second-order valence-corrected chi connectivity index (χ2v) is 3.82. The highest BCUT2D eigenvalue weighted by molar-refractivity contribution is 7.78. The molecule has 0 saturated carbocycles. The van der Waals surface area contributed by atoms with Gasteiger partial charge in [-0.05, 0) is 18.1 Å². The highest BCUT2D eigenvalue weighted by Gasteiger charge is 2.01. The SMILES string of the molecule is CC(O)c1ccc(CS(=O)O)cc1. The van der Waals surface area contributed by atoms with Crippen LogP contribution in [0.2, 0.25) is 0 Å². The second kappa shape index (κ2) is 4.50. The van der Waals surface area contributed by atoms with Crippen LogP contribution >= 0.6 is 0 Å². The van der Waals surface area contributed by atoms with Crippen LogP contribution in [0.5, 0.6) is 0 Å². The Morgan fingerprint density at radius 3 is 2.31 bits per heavy atom. The van der Waals surface area contributed by atoms with E-state index < -0.39 is 17.2 Å². The van der Waals surface area contributed by atoms with Crippen molar-refractivity contribution in [3.8, 4) is 0 Å². The molecule has 0 radical (unpaired) electrons. The van der Waals surface area contributed by atoms with Crippen LogP contribution < -0.4 is 0 Å². The van der Waals surface area contributed by atoms with Gasteiger partial charge in [0.1, 0.15) is 0 Å². The van der Waals surface area contributed by atoms with E-state index in [1.165, 1.54) is 0 Å². The molecule has 0 amide bonds. The minimum absolute atomic E-state index is 0.139. The maximum Gasteiger partial charge on any atom is 0.157 e. The van der Waals surface area contributed by atoms with Crippen LogP contribution in [-0.4, -0.2) is 13.9 Å². The van der Waals surface area contributed by atoms with Crippen LogP contribution in [0.3, 0.4) is 0 Å². The molecule has 72 valence electrons. The largest absolute Gasteiger partial charge is 0.389 e. The lowest BCUT2D eigenvalue weighted by atomic mass is 10.1. The van der Waals surface area contributed by atoms with Gasteiger partial charge in [0.15, 0.2) is 11.1 Å². The molecule has 0 aliphatic rings. The lowest BCUT2D eigenvalue weighted by Gasteiger charge is -2.04. The minimum atomic E-state index is -1.80. The number of aliphatic hydroxyl groups is 1. The summed E-state index contributed by atoms with van der Waals surface area (Å²) >= 11 is -1.80. The fourth-order valence-electron chi connectivity index (χ4n) is 1.03. The Kier molecular flexibility index (Phi) is 3.59. The third-order valence-corrected chi connectivity index (χ3v) is 2.33. The van der Waals surface area contributed by atoms with Crippen LogP contribution in [-0.2, 0) is 16.8 Å². The van der Waals surface area contributed by atoms with E-state index >= 15 is 0 Å². The molecule has 1 aromatic carbocycles. The first kappa shape index (κ1) is 10.4. The highest BCUT2D eigenvalue weighted by atomic mass is 32.2. The van der Waals surface area contributed by atoms with Crippen molar-refractivity contribution in [2.24, 2.45) is 0 Å². The molecule has 2 N–H and O–H groups in total. The summed E-state index contributed by atoms with van der Waals surface area (Å²) in [5.41, 5.74) is 1.61. The van der Waals surface area contributed by atoms with Gasteiger partial charge in [-0.25, -0.2) is 4.21 Å². The third kappa shape index (κ3) is 3.26. The van der Waals surface area contributed by atoms with Gasteiger partial charge < -0.3 is 9.66 Å². The average molecular weight is 200 g/mol. The van der Waals surface area contributed by atoms with Gasteiger partial charge in [-0.1, -0.05) is 24.3 Å². The van der Waals surface area contributed by atoms with Gasteiger partial charge in [0.05, 0.1) is 11.9 Å². The van der Waals surface area contributed by atoms with E-state index in [2.05, 4.69) is 0 Å². The van der Waals surface area contributed by atoms with Crippen molar-refractivity contribution in [3.05, 3.63) is 35.4 Å². The van der Waals surface area contributed by atoms with Gasteiger partial charge in [0.25, 0.3) is 0 Å². The summed E-state index contributed by atoms with van der Waals surface area (Å²) in [6.07, 6.45) is -0.492. The number of hydrogen-bond acceptors (Lipinski definition) is 2. The predicted octanol–water partition coefficient (Wildman–Crippen LogP) is 1.46. The van der Waals surface area contributed by atoms with Gasteiger partial charge in [-0.2, -0.15) is 0 Å². The average Bonchev–Trinajstić information content (AvgIpc) is 2.04. The van der Waals surface area contributed by atoms with E-state index in [4.69, 9.17) is 4.55 Å². The molecule has 0 bridgehead atoms. The van der Waals surface area contributed by atoms with E-state index in [-0.39, 0.29) is 5.75 Å². The summed E-state index contributed by atoms with van der Waals surface area (Å²) in [7, 11) is 0. The van der Waals surface area contributed by atoms with Gasteiger partial charge in [0, 0.05) is 0 Å². The Hall–Kier alpha value is -0.710. The van der Waals surface area contributed by atoms with Crippen molar-refractivity contribution in [2.75, 3.05) is 0 Å².